The Morgan fingerprint density at radius 1 is 0.923 bits per heavy atom. The molecular formula is C30H42N4O5. The van der Waals surface area contributed by atoms with Crippen molar-refractivity contribution in [1.29, 1.82) is 0 Å². The molecule has 9 heteroatoms. The first kappa shape index (κ1) is 26.6. The van der Waals surface area contributed by atoms with E-state index in [1.54, 1.807) is 28.0 Å². The van der Waals surface area contributed by atoms with Gasteiger partial charge in [0, 0.05) is 24.2 Å². The number of methoxy groups -OCH3 is 1. The Morgan fingerprint density at radius 2 is 1.59 bits per heavy atom. The molecule has 1 aromatic rings. The Kier molecular flexibility index (Phi) is 7.55. The van der Waals surface area contributed by atoms with Crippen molar-refractivity contribution in [2.24, 2.45) is 11.8 Å². The average Bonchev–Trinajstić information content (AvgIpc) is 2.93. The van der Waals surface area contributed by atoms with E-state index in [9.17, 15) is 19.5 Å². The molecule has 3 aliphatic heterocycles. The quantitative estimate of drug-likeness (QED) is 0.537. The highest BCUT2D eigenvalue weighted by Crippen LogP contribution is 2.47. The molecule has 39 heavy (non-hydrogen) atoms. The maximum Gasteiger partial charge on any atom is 0.325 e. The highest BCUT2D eigenvalue weighted by molar-refractivity contribution is 6.02. The average molecular weight is 539 g/mol. The minimum absolute atomic E-state index is 0.0869. The lowest BCUT2D eigenvalue weighted by molar-refractivity contribution is -0.141. The van der Waals surface area contributed by atoms with Crippen molar-refractivity contribution in [1.82, 2.24) is 15.1 Å². The molecule has 2 N–H and O–H groups in total. The molecule has 1 aromatic carbocycles. The van der Waals surface area contributed by atoms with E-state index in [1.807, 2.05) is 6.07 Å². The van der Waals surface area contributed by atoms with E-state index in [2.05, 4.69) is 15.0 Å². The van der Waals surface area contributed by atoms with E-state index < -0.39 is 18.2 Å². The van der Waals surface area contributed by atoms with Gasteiger partial charge in [-0.2, -0.15) is 0 Å². The molecule has 6 rings (SSSR count). The number of hydrogen-bond acceptors (Lipinski definition) is 7. The van der Waals surface area contributed by atoms with Crippen molar-refractivity contribution < 1.29 is 24.2 Å². The van der Waals surface area contributed by atoms with Gasteiger partial charge >= 0.3 is 5.97 Å². The molecule has 4 bridgehead atoms. The monoisotopic (exact) mass is 538 g/mol. The fraction of sp³-hybridized carbons (Fsp3) is 0.700. The zero-order valence-corrected chi connectivity index (χ0v) is 23.0. The lowest BCUT2D eigenvalue weighted by Gasteiger charge is -2.57. The molecule has 212 valence electrons. The third kappa shape index (κ3) is 5.15. The van der Waals surface area contributed by atoms with Crippen LogP contribution in [0.15, 0.2) is 24.3 Å². The van der Waals surface area contributed by atoms with Crippen LogP contribution in [-0.2, 0) is 14.3 Å². The molecule has 2 saturated heterocycles. The third-order valence-electron chi connectivity index (χ3n) is 10.1. The highest BCUT2D eigenvalue weighted by atomic mass is 16.5. The standard InChI is InChI=1S/C30H42N4O5/c1-39-28(36)17-31-27(35)18-32-26-11-3-2-10-25(26)29(37)34(30(32)38)24-15-21-8-5-9-22(16-24)33(21)23-13-19-6-4-7-20(12-19)14-23/h2-3,10-11,19-24,30,38H,4-9,12-18H2,1H3,(H,31,35). The van der Waals surface area contributed by atoms with E-state index >= 15 is 0 Å². The molecule has 5 aliphatic rings. The SMILES string of the molecule is COC(=O)CNC(=O)CN1c2ccccc2C(=O)N(C2CC3CCCC(C2)N3C2CC3CCCC(C3)C2)C1O. The molecule has 0 aromatic heterocycles. The van der Waals surface area contributed by atoms with Crippen LogP contribution in [0.4, 0.5) is 5.69 Å². The highest BCUT2D eigenvalue weighted by Gasteiger charge is 2.49. The number of nitrogens with one attached hydrogen (secondary N) is 1. The largest absolute Gasteiger partial charge is 0.468 e. The van der Waals surface area contributed by atoms with Crippen LogP contribution in [0, 0.1) is 11.8 Å². The summed E-state index contributed by atoms with van der Waals surface area (Å²) in [5.74, 6) is 0.620. The number of carbonyl (C=O) groups excluding carboxylic acids is 3. The summed E-state index contributed by atoms with van der Waals surface area (Å²) in [6.07, 6.45) is 12.2. The van der Waals surface area contributed by atoms with Crippen LogP contribution >= 0.6 is 0 Å². The van der Waals surface area contributed by atoms with Crippen LogP contribution in [0.3, 0.4) is 0 Å². The predicted octanol–water partition coefficient (Wildman–Crippen LogP) is 2.87. The molecule has 2 saturated carbocycles. The van der Waals surface area contributed by atoms with Crippen molar-refractivity contribution in [3.8, 4) is 0 Å². The Hall–Kier alpha value is -2.65. The molecular weight excluding hydrogens is 496 g/mol. The normalized spacial score (nSPS) is 34.3. The maximum absolute atomic E-state index is 13.8. The summed E-state index contributed by atoms with van der Waals surface area (Å²) in [6, 6.07) is 8.58. The van der Waals surface area contributed by atoms with Crippen LogP contribution < -0.4 is 10.2 Å². The second kappa shape index (κ2) is 11.1. The summed E-state index contributed by atoms with van der Waals surface area (Å²) >= 11 is 0. The maximum atomic E-state index is 13.8. The number of rotatable bonds is 6. The van der Waals surface area contributed by atoms with Gasteiger partial charge in [0.1, 0.15) is 13.1 Å². The first-order chi connectivity index (χ1) is 18.9. The lowest BCUT2D eigenvalue weighted by atomic mass is 9.68. The topological polar surface area (TPSA) is 102 Å². The fourth-order valence-electron chi connectivity index (χ4n) is 8.55. The zero-order chi connectivity index (χ0) is 27.1. The summed E-state index contributed by atoms with van der Waals surface area (Å²) in [5, 5.41) is 14.2. The predicted molar refractivity (Wildman–Crippen MR) is 146 cm³/mol. The molecule has 2 amide bonds. The summed E-state index contributed by atoms with van der Waals surface area (Å²) < 4.78 is 4.61. The van der Waals surface area contributed by atoms with E-state index in [4.69, 9.17) is 0 Å². The second-order valence-electron chi connectivity index (χ2n) is 12.4. The minimum atomic E-state index is -1.25. The van der Waals surface area contributed by atoms with Crippen molar-refractivity contribution in [2.45, 2.75) is 101 Å². The number of aliphatic hydroxyl groups excluding tert-OH is 1. The number of carbonyl (C=O) groups is 3. The van der Waals surface area contributed by atoms with Crippen LogP contribution in [0.2, 0.25) is 0 Å². The smallest absolute Gasteiger partial charge is 0.325 e. The van der Waals surface area contributed by atoms with Crippen LogP contribution in [0.1, 0.15) is 81.0 Å². The van der Waals surface area contributed by atoms with Gasteiger partial charge in [-0.15, -0.1) is 0 Å². The summed E-state index contributed by atoms with van der Waals surface area (Å²) in [5.41, 5.74) is 1.03. The Labute approximate surface area is 230 Å². The summed E-state index contributed by atoms with van der Waals surface area (Å²) in [4.78, 5) is 44.1. The van der Waals surface area contributed by atoms with Gasteiger partial charge in [-0.1, -0.05) is 37.8 Å². The van der Waals surface area contributed by atoms with Gasteiger partial charge in [-0.25, -0.2) is 0 Å². The van der Waals surface area contributed by atoms with Gasteiger partial charge in [-0.05, 0) is 68.9 Å². The Bertz CT molecular complexity index is 1070. The molecule has 9 nitrogen and oxygen atoms in total. The molecule has 5 atom stereocenters. The number of hydrogen-bond donors (Lipinski definition) is 2. The van der Waals surface area contributed by atoms with Crippen molar-refractivity contribution in [2.75, 3.05) is 25.1 Å². The fourth-order valence-corrected chi connectivity index (χ4v) is 8.55. The van der Waals surface area contributed by atoms with Gasteiger partial charge < -0.3 is 20.1 Å². The molecule has 0 radical (unpaired) electrons. The zero-order valence-electron chi connectivity index (χ0n) is 23.0. The van der Waals surface area contributed by atoms with Crippen LogP contribution in [-0.4, -0.2) is 83.4 Å². The summed E-state index contributed by atoms with van der Waals surface area (Å²) in [6.45, 7) is -0.413. The van der Waals surface area contributed by atoms with Crippen molar-refractivity contribution in [3.05, 3.63) is 29.8 Å². The molecule has 5 unspecified atom stereocenters. The van der Waals surface area contributed by atoms with Gasteiger partial charge in [0.05, 0.1) is 18.4 Å². The number of fused-ring (bicyclic) bond motifs is 5. The number of para-hydroxylation sites is 1. The lowest BCUT2D eigenvalue weighted by Crippen LogP contribution is -2.66. The number of piperidine rings is 2. The first-order valence-corrected chi connectivity index (χ1v) is 14.9. The van der Waals surface area contributed by atoms with Crippen LogP contribution in [0.25, 0.3) is 0 Å². The van der Waals surface area contributed by atoms with Crippen molar-refractivity contribution in [3.63, 3.8) is 0 Å². The number of ether oxygens (including phenoxy) is 1. The Balaban J connectivity index is 1.21. The minimum Gasteiger partial charge on any atom is -0.468 e. The Morgan fingerprint density at radius 3 is 2.28 bits per heavy atom. The number of nitrogens with zero attached hydrogens (tertiary/aromatic N) is 3. The van der Waals surface area contributed by atoms with E-state index in [0.29, 0.717) is 29.4 Å². The van der Waals surface area contributed by atoms with Gasteiger partial charge in [0.2, 0.25) is 12.3 Å². The number of benzene rings is 1. The third-order valence-corrected chi connectivity index (χ3v) is 10.1. The molecule has 4 fully saturated rings. The number of amides is 2. The van der Waals surface area contributed by atoms with E-state index in [-0.39, 0.29) is 25.0 Å². The van der Waals surface area contributed by atoms with Crippen molar-refractivity contribution >= 4 is 23.5 Å². The van der Waals surface area contributed by atoms with E-state index in [0.717, 1.165) is 37.5 Å². The summed E-state index contributed by atoms with van der Waals surface area (Å²) in [7, 11) is 1.27. The second-order valence-corrected chi connectivity index (χ2v) is 12.4. The molecule has 0 spiro atoms. The van der Waals surface area contributed by atoms with E-state index in [1.165, 1.54) is 52.1 Å². The first-order valence-electron chi connectivity index (χ1n) is 14.9. The van der Waals surface area contributed by atoms with Crippen LogP contribution in [0.5, 0.6) is 0 Å². The molecule has 2 aliphatic carbocycles. The van der Waals surface area contributed by atoms with Gasteiger partial charge in [0.15, 0.2) is 0 Å². The van der Waals surface area contributed by atoms with Gasteiger partial charge in [-0.3, -0.25) is 24.2 Å². The number of aliphatic hydroxyl groups is 1. The number of anilines is 1. The number of esters is 1. The van der Waals surface area contributed by atoms with Gasteiger partial charge in [0.25, 0.3) is 5.91 Å². The molecule has 3 heterocycles.